The van der Waals surface area contributed by atoms with Gasteiger partial charge in [-0.15, -0.1) is 0 Å². The number of hydrogen-bond donors (Lipinski definition) is 1. The van der Waals surface area contributed by atoms with Crippen LogP contribution in [0.2, 0.25) is 0 Å². The molecule has 2 aromatic rings. The second-order valence-corrected chi connectivity index (χ2v) is 8.08. The Kier molecular flexibility index (Phi) is 6.32. The number of methoxy groups -OCH3 is 2. The third-order valence-electron chi connectivity index (χ3n) is 3.99. The molecule has 0 fully saturated rings. The zero-order valence-electron chi connectivity index (χ0n) is 16.1. The summed E-state index contributed by atoms with van der Waals surface area (Å²) in [5.74, 6) is 0.530. The van der Waals surface area contributed by atoms with E-state index in [2.05, 4.69) is 5.32 Å². The number of anilines is 2. The van der Waals surface area contributed by atoms with Crippen molar-refractivity contribution in [3.8, 4) is 11.5 Å². The number of amides is 1. The van der Waals surface area contributed by atoms with Gasteiger partial charge in [0, 0.05) is 11.8 Å². The SMILES string of the molecule is COc1ccc(NC(=O)CN(c2cc(C)ccc2C)S(C)(=O)=O)cc1OC. The van der Waals surface area contributed by atoms with E-state index < -0.39 is 15.9 Å². The molecule has 1 amide bonds. The van der Waals surface area contributed by atoms with E-state index in [1.165, 1.54) is 14.2 Å². The molecule has 0 radical (unpaired) electrons. The van der Waals surface area contributed by atoms with E-state index >= 15 is 0 Å². The van der Waals surface area contributed by atoms with Gasteiger partial charge < -0.3 is 14.8 Å². The predicted octanol–water partition coefficient (Wildman–Crippen LogP) is 2.73. The highest BCUT2D eigenvalue weighted by atomic mass is 32.2. The minimum atomic E-state index is -3.64. The maximum absolute atomic E-state index is 12.5. The van der Waals surface area contributed by atoms with Crippen LogP contribution >= 0.6 is 0 Å². The highest BCUT2D eigenvalue weighted by molar-refractivity contribution is 7.92. The Bertz CT molecular complexity index is 941. The molecule has 0 saturated heterocycles. The molecular weight excluding hydrogens is 368 g/mol. The molecule has 0 aliphatic carbocycles. The van der Waals surface area contributed by atoms with Crippen LogP contribution in [0.3, 0.4) is 0 Å². The molecule has 0 saturated carbocycles. The van der Waals surface area contributed by atoms with Crippen molar-refractivity contribution in [2.24, 2.45) is 0 Å². The fourth-order valence-corrected chi connectivity index (χ4v) is 3.52. The van der Waals surface area contributed by atoms with Gasteiger partial charge in [-0.05, 0) is 43.2 Å². The van der Waals surface area contributed by atoms with Crippen molar-refractivity contribution < 1.29 is 22.7 Å². The number of hydrogen-bond acceptors (Lipinski definition) is 5. The fraction of sp³-hybridized carbons (Fsp3) is 0.316. The summed E-state index contributed by atoms with van der Waals surface area (Å²) in [6.07, 6.45) is 1.08. The van der Waals surface area contributed by atoms with Gasteiger partial charge in [-0.2, -0.15) is 0 Å². The summed E-state index contributed by atoms with van der Waals surface area (Å²) in [5, 5.41) is 2.69. The second-order valence-electron chi connectivity index (χ2n) is 6.18. The molecule has 146 valence electrons. The standard InChI is InChI=1S/C19H24N2O5S/c1-13-6-7-14(2)16(10-13)21(27(5,23)24)12-19(22)20-15-8-9-17(25-3)18(11-15)26-4/h6-11H,12H2,1-5H3,(H,20,22). The van der Waals surface area contributed by atoms with Gasteiger partial charge in [-0.25, -0.2) is 8.42 Å². The summed E-state index contributed by atoms with van der Waals surface area (Å²) < 4.78 is 36.0. The maximum Gasteiger partial charge on any atom is 0.245 e. The minimum Gasteiger partial charge on any atom is -0.493 e. The Morgan fingerprint density at radius 2 is 1.70 bits per heavy atom. The van der Waals surface area contributed by atoms with E-state index in [9.17, 15) is 13.2 Å². The summed E-state index contributed by atoms with van der Waals surface area (Å²) in [7, 11) is -0.627. The molecule has 2 aromatic carbocycles. The number of carbonyl (C=O) groups excluding carboxylic acids is 1. The van der Waals surface area contributed by atoms with Gasteiger partial charge in [-0.3, -0.25) is 9.10 Å². The lowest BCUT2D eigenvalue weighted by molar-refractivity contribution is -0.114. The maximum atomic E-state index is 12.5. The van der Waals surface area contributed by atoms with Gasteiger partial charge in [0.25, 0.3) is 0 Å². The molecule has 0 atom stereocenters. The first-order chi connectivity index (χ1) is 12.7. The van der Waals surface area contributed by atoms with E-state index in [-0.39, 0.29) is 6.54 Å². The third kappa shape index (κ3) is 5.13. The Balaban J connectivity index is 2.26. The molecule has 0 bridgehead atoms. The quantitative estimate of drug-likeness (QED) is 0.783. The zero-order valence-corrected chi connectivity index (χ0v) is 16.9. The lowest BCUT2D eigenvalue weighted by Crippen LogP contribution is -2.37. The highest BCUT2D eigenvalue weighted by Crippen LogP contribution is 2.30. The van der Waals surface area contributed by atoms with Crippen LogP contribution < -0.4 is 19.1 Å². The first kappa shape index (κ1) is 20.6. The van der Waals surface area contributed by atoms with Crippen molar-refractivity contribution in [2.45, 2.75) is 13.8 Å². The number of nitrogens with zero attached hydrogens (tertiary/aromatic N) is 1. The van der Waals surface area contributed by atoms with Gasteiger partial charge >= 0.3 is 0 Å². The number of nitrogens with one attached hydrogen (secondary N) is 1. The number of aryl methyl sites for hydroxylation is 2. The Labute approximate surface area is 160 Å². The normalized spacial score (nSPS) is 11.0. The van der Waals surface area contributed by atoms with Gasteiger partial charge in [0.15, 0.2) is 11.5 Å². The largest absolute Gasteiger partial charge is 0.493 e. The molecule has 2 rings (SSSR count). The van der Waals surface area contributed by atoms with Crippen LogP contribution in [-0.4, -0.2) is 41.3 Å². The van der Waals surface area contributed by atoms with Crippen LogP contribution in [-0.2, 0) is 14.8 Å². The van der Waals surface area contributed by atoms with E-state index in [1.54, 1.807) is 31.2 Å². The lowest BCUT2D eigenvalue weighted by atomic mass is 10.1. The Morgan fingerprint density at radius 1 is 1.04 bits per heavy atom. The topological polar surface area (TPSA) is 84.9 Å². The number of carbonyl (C=O) groups is 1. The number of ether oxygens (including phenoxy) is 2. The molecule has 0 heterocycles. The van der Waals surface area contributed by atoms with E-state index in [0.29, 0.717) is 22.9 Å². The van der Waals surface area contributed by atoms with Crippen LogP contribution in [0.1, 0.15) is 11.1 Å². The Morgan fingerprint density at radius 3 is 2.30 bits per heavy atom. The van der Waals surface area contributed by atoms with Crippen molar-refractivity contribution in [3.63, 3.8) is 0 Å². The molecule has 0 spiro atoms. The van der Waals surface area contributed by atoms with Crippen molar-refractivity contribution in [3.05, 3.63) is 47.5 Å². The minimum absolute atomic E-state index is 0.336. The molecule has 0 aliphatic heterocycles. The van der Waals surface area contributed by atoms with E-state index in [1.807, 2.05) is 19.1 Å². The molecule has 0 unspecified atom stereocenters. The summed E-state index contributed by atoms with van der Waals surface area (Å²) in [5.41, 5.74) is 2.64. The van der Waals surface area contributed by atoms with Crippen LogP contribution in [0.4, 0.5) is 11.4 Å². The summed E-state index contributed by atoms with van der Waals surface area (Å²) in [4.78, 5) is 12.5. The van der Waals surface area contributed by atoms with E-state index in [0.717, 1.165) is 21.7 Å². The van der Waals surface area contributed by atoms with Gasteiger partial charge in [-0.1, -0.05) is 12.1 Å². The number of benzene rings is 2. The van der Waals surface area contributed by atoms with Gasteiger partial charge in [0.1, 0.15) is 6.54 Å². The average Bonchev–Trinajstić information content (AvgIpc) is 2.61. The predicted molar refractivity (Wildman–Crippen MR) is 106 cm³/mol. The van der Waals surface area contributed by atoms with Crippen LogP contribution in [0.25, 0.3) is 0 Å². The molecule has 0 aliphatic rings. The first-order valence-corrected chi connectivity index (χ1v) is 10.1. The van der Waals surface area contributed by atoms with Gasteiger partial charge in [0.05, 0.1) is 26.2 Å². The average molecular weight is 392 g/mol. The molecule has 7 nitrogen and oxygen atoms in total. The lowest BCUT2D eigenvalue weighted by Gasteiger charge is -2.24. The number of rotatable bonds is 7. The monoisotopic (exact) mass is 392 g/mol. The van der Waals surface area contributed by atoms with Crippen molar-refractivity contribution in [1.29, 1.82) is 0 Å². The summed E-state index contributed by atoms with van der Waals surface area (Å²) in [6.45, 7) is 3.34. The summed E-state index contributed by atoms with van der Waals surface area (Å²) >= 11 is 0. The third-order valence-corrected chi connectivity index (χ3v) is 5.11. The second kappa shape index (κ2) is 8.30. The van der Waals surface area contributed by atoms with Crippen LogP contribution in [0.15, 0.2) is 36.4 Å². The first-order valence-electron chi connectivity index (χ1n) is 8.22. The fourth-order valence-electron chi connectivity index (χ4n) is 2.61. The zero-order chi connectivity index (χ0) is 20.2. The molecule has 27 heavy (non-hydrogen) atoms. The van der Waals surface area contributed by atoms with Crippen molar-refractivity contribution >= 4 is 27.3 Å². The molecule has 1 N–H and O–H groups in total. The smallest absolute Gasteiger partial charge is 0.245 e. The van der Waals surface area contributed by atoms with Crippen LogP contribution in [0.5, 0.6) is 11.5 Å². The Hall–Kier alpha value is -2.74. The van der Waals surface area contributed by atoms with Crippen LogP contribution in [0, 0.1) is 13.8 Å². The van der Waals surface area contributed by atoms with Gasteiger partial charge in [0.2, 0.25) is 15.9 Å². The summed E-state index contributed by atoms with van der Waals surface area (Å²) in [6, 6.07) is 10.4. The highest BCUT2D eigenvalue weighted by Gasteiger charge is 2.22. The number of sulfonamides is 1. The molecular formula is C19H24N2O5S. The molecule has 8 heteroatoms. The van der Waals surface area contributed by atoms with E-state index in [4.69, 9.17) is 9.47 Å². The van der Waals surface area contributed by atoms with Crippen molar-refractivity contribution in [1.82, 2.24) is 0 Å². The van der Waals surface area contributed by atoms with Crippen molar-refractivity contribution in [2.75, 3.05) is 36.6 Å². The molecule has 0 aromatic heterocycles.